The van der Waals surface area contributed by atoms with Crippen molar-refractivity contribution in [3.8, 4) is 0 Å². The summed E-state index contributed by atoms with van der Waals surface area (Å²) < 4.78 is 13.9. The molecule has 3 aromatic rings. The van der Waals surface area contributed by atoms with Crippen molar-refractivity contribution < 1.29 is 14.0 Å². The van der Waals surface area contributed by atoms with Crippen molar-refractivity contribution in [1.29, 1.82) is 5.41 Å². The number of nitrogens with zero attached hydrogens (tertiary/aromatic N) is 1. The van der Waals surface area contributed by atoms with Crippen LogP contribution in [0.1, 0.15) is 36.4 Å². The van der Waals surface area contributed by atoms with Crippen LogP contribution in [0, 0.1) is 11.2 Å². The first-order chi connectivity index (χ1) is 16.4. The Morgan fingerprint density at radius 1 is 1.00 bits per heavy atom. The molecule has 0 aromatic heterocycles. The summed E-state index contributed by atoms with van der Waals surface area (Å²) in [6.07, 6.45) is 2.42. The molecule has 1 unspecified atom stereocenters. The topological polar surface area (TPSA) is 111 Å². The van der Waals surface area contributed by atoms with Crippen LogP contribution in [-0.2, 0) is 9.59 Å². The Morgan fingerprint density at radius 2 is 1.76 bits per heavy atom. The number of carbonyl (C=O) groups excluding carboxylic acids is 2. The second-order valence-corrected chi connectivity index (χ2v) is 8.17. The maximum Gasteiger partial charge on any atom is 0.251 e. The third kappa shape index (κ3) is 5.40. The third-order valence-electron chi connectivity index (χ3n) is 5.70. The van der Waals surface area contributed by atoms with E-state index < -0.39 is 11.9 Å². The minimum Gasteiger partial charge on any atom is -0.384 e. The summed E-state index contributed by atoms with van der Waals surface area (Å²) in [6, 6.07) is 18.8. The minimum absolute atomic E-state index is 0.0947. The van der Waals surface area contributed by atoms with Crippen LogP contribution in [0.5, 0.6) is 0 Å². The zero-order chi connectivity index (χ0) is 24.1. The number of amides is 2. The van der Waals surface area contributed by atoms with Gasteiger partial charge in [-0.3, -0.25) is 15.0 Å². The number of amidine groups is 1. The fourth-order valence-electron chi connectivity index (χ4n) is 3.95. The average molecular weight is 460 g/mol. The van der Waals surface area contributed by atoms with Crippen molar-refractivity contribution in [2.24, 2.45) is 5.73 Å². The van der Waals surface area contributed by atoms with Crippen LogP contribution >= 0.6 is 0 Å². The number of nitrogens with one attached hydrogen (secondary N) is 3. The van der Waals surface area contributed by atoms with Crippen LogP contribution in [0.4, 0.5) is 21.5 Å². The summed E-state index contributed by atoms with van der Waals surface area (Å²) in [6.45, 7) is 0.690. The molecule has 1 aliphatic heterocycles. The maximum absolute atomic E-state index is 13.9. The Bertz CT molecular complexity index is 1210. The van der Waals surface area contributed by atoms with E-state index in [1.807, 2.05) is 0 Å². The van der Waals surface area contributed by atoms with Gasteiger partial charge in [-0.1, -0.05) is 24.3 Å². The number of rotatable bonds is 7. The highest BCUT2D eigenvalue weighted by Gasteiger charge is 2.23. The van der Waals surface area contributed by atoms with Crippen molar-refractivity contribution in [1.82, 2.24) is 0 Å². The molecule has 1 atom stereocenters. The number of halogens is 1. The number of anilines is 3. The first-order valence-electron chi connectivity index (χ1n) is 11.1. The number of hydrogen-bond acceptors (Lipinski definition) is 4. The number of hydrogen-bond donors (Lipinski definition) is 4. The monoisotopic (exact) mass is 459 g/mol. The van der Waals surface area contributed by atoms with Crippen LogP contribution < -0.4 is 21.3 Å². The Morgan fingerprint density at radius 3 is 2.47 bits per heavy atom. The van der Waals surface area contributed by atoms with Gasteiger partial charge in [0.25, 0.3) is 5.91 Å². The van der Waals surface area contributed by atoms with Gasteiger partial charge in [0.15, 0.2) is 0 Å². The number of nitrogens with two attached hydrogens (primary N) is 1. The van der Waals surface area contributed by atoms with E-state index in [1.54, 1.807) is 65.6 Å². The quantitative estimate of drug-likeness (QED) is 0.310. The lowest BCUT2D eigenvalue weighted by Crippen LogP contribution is -2.35. The van der Waals surface area contributed by atoms with Crippen LogP contribution in [0.2, 0.25) is 0 Å². The SMILES string of the molecule is N=C(N)c1cccc(NC(C(=O)Nc2ccc(N3CCCCC3=O)cc2)c2cccc(F)c2)c1. The standard InChI is InChI=1S/C26H26FN5O2/c27-19-7-3-5-17(15-19)24(30-21-8-4-6-18(16-21)25(28)29)26(34)31-20-10-12-22(13-11-20)32-14-2-1-9-23(32)33/h3-8,10-13,15-16,24,30H,1-2,9,14H2,(H3,28,29)(H,31,34). The lowest BCUT2D eigenvalue weighted by atomic mass is 10.0. The minimum atomic E-state index is -0.902. The van der Waals surface area contributed by atoms with Gasteiger partial charge in [-0.25, -0.2) is 4.39 Å². The second kappa shape index (κ2) is 10.2. The van der Waals surface area contributed by atoms with Crippen molar-refractivity contribution in [2.45, 2.75) is 25.3 Å². The van der Waals surface area contributed by atoms with E-state index in [2.05, 4.69) is 10.6 Å². The van der Waals surface area contributed by atoms with Gasteiger partial charge in [-0.15, -0.1) is 0 Å². The average Bonchev–Trinajstić information content (AvgIpc) is 2.83. The van der Waals surface area contributed by atoms with Crippen molar-refractivity contribution in [3.63, 3.8) is 0 Å². The Kier molecular flexibility index (Phi) is 6.87. The van der Waals surface area contributed by atoms with E-state index in [-0.39, 0.29) is 17.6 Å². The summed E-state index contributed by atoms with van der Waals surface area (Å²) in [4.78, 5) is 27.2. The fourth-order valence-corrected chi connectivity index (χ4v) is 3.95. The molecule has 8 heteroatoms. The predicted molar refractivity (Wildman–Crippen MR) is 131 cm³/mol. The van der Waals surface area contributed by atoms with Gasteiger partial charge in [0.1, 0.15) is 17.7 Å². The number of benzene rings is 3. The molecule has 4 rings (SSSR count). The normalized spacial score (nSPS) is 14.4. The molecule has 0 aliphatic carbocycles. The Labute approximate surface area is 197 Å². The molecule has 0 bridgehead atoms. The van der Waals surface area contributed by atoms with E-state index in [4.69, 9.17) is 11.1 Å². The lowest BCUT2D eigenvalue weighted by Gasteiger charge is -2.27. The predicted octanol–water partition coefficient (Wildman–Crippen LogP) is 4.42. The molecular formula is C26H26FN5O2. The molecule has 3 aromatic carbocycles. The van der Waals surface area contributed by atoms with Gasteiger partial charge in [-0.2, -0.15) is 0 Å². The van der Waals surface area contributed by atoms with E-state index in [1.165, 1.54) is 12.1 Å². The molecule has 0 saturated carbocycles. The zero-order valence-electron chi connectivity index (χ0n) is 18.6. The molecule has 0 spiro atoms. The van der Waals surface area contributed by atoms with Gasteiger partial charge in [0.2, 0.25) is 5.91 Å². The summed E-state index contributed by atoms with van der Waals surface area (Å²) in [5.74, 6) is -0.834. The van der Waals surface area contributed by atoms with E-state index >= 15 is 0 Å². The Balaban J connectivity index is 1.55. The van der Waals surface area contributed by atoms with E-state index in [0.29, 0.717) is 35.5 Å². The van der Waals surface area contributed by atoms with Crippen LogP contribution in [0.15, 0.2) is 72.8 Å². The molecule has 1 heterocycles. The highest BCUT2D eigenvalue weighted by atomic mass is 19.1. The summed E-state index contributed by atoms with van der Waals surface area (Å²) in [5, 5.41) is 13.6. The van der Waals surface area contributed by atoms with Gasteiger partial charge < -0.3 is 21.3 Å². The molecule has 1 fully saturated rings. The number of nitrogen functional groups attached to an aromatic ring is 1. The third-order valence-corrected chi connectivity index (χ3v) is 5.70. The molecule has 2 amide bonds. The van der Waals surface area contributed by atoms with Crippen molar-refractivity contribution in [3.05, 3.63) is 89.7 Å². The lowest BCUT2D eigenvalue weighted by molar-refractivity contribution is -0.119. The highest BCUT2D eigenvalue weighted by molar-refractivity contribution is 5.99. The summed E-state index contributed by atoms with van der Waals surface area (Å²) >= 11 is 0. The molecule has 7 nitrogen and oxygen atoms in total. The largest absolute Gasteiger partial charge is 0.384 e. The molecule has 34 heavy (non-hydrogen) atoms. The highest BCUT2D eigenvalue weighted by Crippen LogP contribution is 2.26. The van der Waals surface area contributed by atoms with Crippen molar-refractivity contribution in [2.75, 3.05) is 22.1 Å². The first kappa shape index (κ1) is 23.0. The molecule has 5 N–H and O–H groups in total. The zero-order valence-corrected chi connectivity index (χ0v) is 18.6. The molecule has 1 saturated heterocycles. The van der Waals surface area contributed by atoms with Gasteiger partial charge in [0, 0.05) is 35.6 Å². The Hall–Kier alpha value is -4.20. The second-order valence-electron chi connectivity index (χ2n) is 8.17. The first-order valence-corrected chi connectivity index (χ1v) is 11.1. The summed E-state index contributed by atoms with van der Waals surface area (Å²) in [5.41, 5.74) is 8.45. The van der Waals surface area contributed by atoms with Crippen LogP contribution in [-0.4, -0.2) is 24.2 Å². The number of piperidine rings is 1. The molecule has 174 valence electrons. The smallest absolute Gasteiger partial charge is 0.251 e. The molecule has 1 aliphatic rings. The van der Waals surface area contributed by atoms with E-state index in [0.717, 1.165) is 18.5 Å². The van der Waals surface area contributed by atoms with Gasteiger partial charge in [-0.05, 0) is 66.9 Å². The number of carbonyl (C=O) groups is 2. The maximum atomic E-state index is 13.9. The van der Waals surface area contributed by atoms with Crippen LogP contribution in [0.3, 0.4) is 0 Å². The van der Waals surface area contributed by atoms with Gasteiger partial charge in [0.05, 0.1) is 0 Å². The summed E-state index contributed by atoms with van der Waals surface area (Å²) in [7, 11) is 0. The van der Waals surface area contributed by atoms with Gasteiger partial charge >= 0.3 is 0 Å². The molecule has 0 radical (unpaired) electrons. The fraction of sp³-hybridized carbons (Fsp3) is 0.192. The van der Waals surface area contributed by atoms with Crippen LogP contribution in [0.25, 0.3) is 0 Å². The molecular weight excluding hydrogens is 433 g/mol. The van der Waals surface area contributed by atoms with E-state index in [9.17, 15) is 14.0 Å². The van der Waals surface area contributed by atoms with Crippen molar-refractivity contribution >= 4 is 34.7 Å².